The van der Waals surface area contributed by atoms with Crippen LogP contribution in [0.1, 0.15) is 39.5 Å². The number of Topliss-reactive ketones (excluding diaryl/α,β-unsaturated/α-hetero) is 1. The summed E-state index contributed by atoms with van der Waals surface area (Å²) in [6.07, 6.45) is 2.08. The molecule has 3 saturated carbocycles. The van der Waals surface area contributed by atoms with Crippen molar-refractivity contribution in [1.82, 2.24) is 0 Å². The lowest BCUT2D eigenvalue weighted by atomic mass is 9.46. The van der Waals surface area contributed by atoms with Crippen LogP contribution in [0.4, 0.5) is 9.18 Å². The molecule has 170 valence electrons. The largest absolute Gasteiger partial charge is 0.509 e. The lowest BCUT2D eigenvalue weighted by Crippen LogP contribution is -2.63. The van der Waals surface area contributed by atoms with E-state index >= 15 is 4.39 Å². The number of carbonyl (C=O) groups excluding carboxylic acids is 3. The number of carbonyl (C=O) groups is 3. The lowest BCUT2D eigenvalue weighted by Gasteiger charge is -2.60. The number of alkyl halides is 1. The van der Waals surface area contributed by atoms with E-state index in [1.807, 2.05) is 6.92 Å². The van der Waals surface area contributed by atoms with Crippen LogP contribution in [-0.2, 0) is 19.1 Å². The monoisotopic (exact) mass is 436 g/mol. The Kier molecular flexibility index (Phi) is 5.17. The number of hydrogen-bond acceptors (Lipinski definition) is 7. The second kappa shape index (κ2) is 7.24. The Bertz CT molecular complexity index is 881. The van der Waals surface area contributed by atoms with Crippen LogP contribution in [0.25, 0.3) is 0 Å². The topological polar surface area (TPSA) is 110 Å². The molecule has 2 N–H and O–H groups in total. The Morgan fingerprint density at radius 2 is 2.03 bits per heavy atom. The molecule has 8 heteroatoms. The fraction of sp³-hybridized carbons (Fsp3) is 0.696. The van der Waals surface area contributed by atoms with Crippen LogP contribution in [0.15, 0.2) is 23.8 Å². The molecule has 4 aliphatic rings. The van der Waals surface area contributed by atoms with Crippen molar-refractivity contribution < 1.29 is 38.5 Å². The summed E-state index contributed by atoms with van der Waals surface area (Å²) < 4.78 is 25.5. The van der Waals surface area contributed by atoms with E-state index in [2.05, 4.69) is 4.74 Å². The van der Waals surface area contributed by atoms with Gasteiger partial charge in [-0.25, -0.2) is 9.18 Å². The molecule has 8 atom stereocenters. The molecule has 0 aliphatic heterocycles. The van der Waals surface area contributed by atoms with Crippen molar-refractivity contribution >= 4 is 17.7 Å². The summed E-state index contributed by atoms with van der Waals surface area (Å²) in [5.74, 6) is -1.76. The van der Waals surface area contributed by atoms with Crippen molar-refractivity contribution in [1.29, 1.82) is 0 Å². The van der Waals surface area contributed by atoms with Gasteiger partial charge in [-0.15, -0.1) is 0 Å². The predicted octanol–water partition coefficient (Wildman–Crippen LogP) is 2.30. The predicted molar refractivity (Wildman–Crippen MR) is 107 cm³/mol. The average Bonchev–Trinajstić information content (AvgIpc) is 3.01. The van der Waals surface area contributed by atoms with E-state index in [1.54, 1.807) is 13.0 Å². The maximum atomic E-state index is 15.4. The maximum absolute atomic E-state index is 15.4. The summed E-state index contributed by atoms with van der Waals surface area (Å²) >= 11 is 0. The summed E-state index contributed by atoms with van der Waals surface area (Å²) in [5.41, 5.74) is -3.06. The Hall–Kier alpha value is -2.06. The van der Waals surface area contributed by atoms with Gasteiger partial charge in [0.15, 0.2) is 11.4 Å². The zero-order chi connectivity index (χ0) is 22.8. The molecule has 0 heterocycles. The molecule has 3 fully saturated rings. The number of aliphatic hydroxyl groups excluding tert-OH is 2. The van der Waals surface area contributed by atoms with Gasteiger partial charge in [0, 0.05) is 16.7 Å². The second-order valence-electron chi connectivity index (χ2n) is 9.81. The van der Waals surface area contributed by atoms with E-state index in [-0.39, 0.29) is 42.8 Å². The highest BCUT2D eigenvalue weighted by molar-refractivity contribution is 6.01. The highest BCUT2D eigenvalue weighted by Crippen LogP contribution is 2.68. The first-order chi connectivity index (χ1) is 14.5. The molecule has 0 aromatic carbocycles. The number of halogens is 1. The molecule has 0 aromatic heterocycles. The number of aliphatic hydroxyl groups is 2. The molecule has 1 unspecified atom stereocenters. The first kappa shape index (κ1) is 22.1. The van der Waals surface area contributed by atoms with Gasteiger partial charge >= 0.3 is 6.16 Å². The van der Waals surface area contributed by atoms with Gasteiger partial charge in [0.05, 0.1) is 13.2 Å². The number of rotatable bonds is 3. The minimum Gasteiger partial charge on any atom is -0.438 e. The number of ether oxygens (including phenoxy) is 2. The third-order valence-corrected chi connectivity index (χ3v) is 8.62. The third kappa shape index (κ3) is 2.87. The Balaban J connectivity index is 1.79. The molecule has 31 heavy (non-hydrogen) atoms. The van der Waals surface area contributed by atoms with Gasteiger partial charge in [-0.3, -0.25) is 9.59 Å². The van der Waals surface area contributed by atoms with Crippen LogP contribution in [0, 0.1) is 28.6 Å². The number of ketones is 2. The molecule has 7 nitrogen and oxygen atoms in total. The summed E-state index contributed by atoms with van der Waals surface area (Å²) in [5, 5.41) is 21.0. The number of allylic oxidation sites excluding steroid dienone is 4. The summed E-state index contributed by atoms with van der Waals surface area (Å²) in [4.78, 5) is 36.8. The fourth-order valence-corrected chi connectivity index (χ4v) is 7.32. The zero-order valence-electron chi connectivity index (χ0n) is 18.0. The Labute approximate surface area is 180 Å². The van der Waals surface area contributed by atoms with Crippen LogP contribution >= 0.6 is 0 Å². The Morgan fingerprint density at radius 1 is 1.32 bits per heavy atom. The molecular weight excluding hydrogens is 407 g/mol. The van der Waals surface area contributed by atoms with Gasteiger partial charge in [0.25, 0.3) is 0 Å². The molecule has 0 aromatic rings. The summed E-state index contributed by atoms with van der Waals surface area (Å²) in [6, 6.07) is 0. The van der Waals surface area contributed by atoms with E-state index in [0.717, 1.165) is 7.11 Å². The SMILES string of the molecule is COC(=O)O[C@]1(C(=O)CO)CC[C@H]2[C@@H]3C[C@H](F)C4=CC(=O)C=C[C@]4(C)[C@H]3C(O)C[C@@]21C. The van der Waals surface area contributed by atoms with Gasteiger partial charge in [-0.2, -0.15) is 0 Å². The highest BCUT2D eigenvalue weighted by atomic mass is 19.1. The van der Waals surface area contributed by atoms with E-state index in [1.165, 1.54) is 12.2 Å². The van der Waals surface area contributed by atoms with Gasteiger partial charge < -0.3 is 19.7 Å². The van der Waals surface area contributed by atoms with E-state index < -0.39 is 47.3 Å². The molecule has 4 rings (SSSR count). The first-order valence-electron chi connectivity index (χ1n) is 10.7. The van der Waals surface area contributed by atoms with Crippen LogP contribution < -0.4 is 0 Å². The van der Waals surface area contributed by atoms with Crippen molar-refractivity contribution in [2.24, 2.45) is 28.6 Å². The van der Waals surface area contributed by atoms with E-state index in [9.17, 15) is 24.6 Å². The standard InChI is InChI=1S/C23H29FO7/c1-21-6-4-12(26)8-15(21)16(24)9-13-14-5-7-23(18(28)11-25,31-20(29)30-3)22(14,2)10-17(27)19(13)21/h4,6,8,13-14,16-17,19,25,27H,5,7,9-11H2,1-3H3/t13-,14-,16-,17?,19+,21-,22-,23-/m0/s1. The molecule has 4 aliphatic carbocycles. The Morgan fingerprint density at radius 3 is 2.68 bits per heavy atom. The maximum Gasteiger partial charge on any atom is 0.509 e. The van der Waals surface area contributed by atoms with Crippen molar-refractivity contribution in [3.05, 3.63) is 23.8 Å². The molecule has 0 bridgehead atoms. The van der Waals surface area contributed by atoms with Crippen molar-refractivity contribution in [2.45, 2.75) is 57.4 Å². The van der Waals surface area contributed by atoms with Gasteiger partial charge in [0.2, 0.25) is 5.78 Å². The molecule has 0 amide bonds. The summed E-state index contributed by atoms with van der Waals surface area (Å²) in [7, 11) is 1.14. The average molecular weight is 436 g/mol. The molecular formula is C23H29FO7. The zero-order valence-corrected chi connectivity index (χ0v) is 18.0. The van der Waals surface area contributed by atoms with Crippen LogP contribution in [0.5, 0.6) is 0 Å². The van der Waals surface area contributed by atoms with Crippen LogP contribution in [-0.4, -0.2) is 59.5 Å². The van der Waals surface area contributed by atoms with Crippen molar-refractivity contribution in [3.8, 4) is 0 Å². The van der Waals surface area contributed by atoms with Gasteiger partial charge in [0.1, 0.15) is 12.8 Å². The van der Waals surface area contributed by atoms with Gasteiger partial charge in [-0.1, -0.05) is 19.9 Å². The summed E-state index contributed by atoms with van der Waals surface area (Å²) in [6.45, 7) is 2.82. The highest BCUT2D eigenvalue weighted by Gasteiger charge is 2.71. The van der Waals surface area contributed by atoms with Crippen molar-refractivity contribution in [3.63, 3.8) is 0 Å². The number of hydrogen-bond donors (Lipinski definition) is 2. The second-order valence-corrected chi connectivity index (χ2v) is 9.81. The van der Waals surface area contributed by atoms with Crippen molar-refractivity contribution in [2.75, 3.05) is 13.7 Å². The normalized spacial score (nSPS) is 45.8. The molecule has 0 radical (unpaired) electrons. The smallest absolute Gasteiger partial charge is 0.438 e. The quantitative estimate of drug-likeness (QED) is 0.653. The van der Waals surface area contributed by atoms with E-state index in [4.69, 9.17) is 4.74 Å². The third-order valence-electron chi connectivity index (χ3n) is 8.62. The van der Waals surface area contributed by atoms with Crippen LogP contribution in [0.3, 0.4) is 0 Å². The minimum absolute atomic E-state index is 0.117. The number of methoxy groups -OCH3 is 1. The number of fused-ring (bicyclic) bond motifs is 5. The first-order valence-corrected chi connectivity index (χ1v) is 10.7. The van der Waals surface area contributed by atoms with Gasteiger partial charge in [-0.05, 0) is 55.2 Å². The fourth-order valence-electron chi connectivity index (χ4n) is 7.32. The minimum atomic E-state index is -1.65. The van der Waals surface area contributed by atoms with Crippen LogP contribution in [0.2, 0.25) is 0 Å². The lowest BCUT2D eigenvalue weighted by molar-refractivity contribution is -0.185. The molecule has 0 spiro atoms. The van der Waals surface area contributed by atoms with E-state index in [0.29, 0.717) is 12.0 Å². The molecule has 0 saturated heterocycles.